The van der Waals surface area contributed by atoms with E-state index in [0.29, 0.717) is 0 Å². The van der Waals surface area contributed by atoms with Crippen molar-refractivity contribution in [2.24, 2.45) is 0 Å². The number of rotatable bonds is 1. The first-order valence-electron chi connectivity index (χ1n) is 2.88. The maximum absolute atomic E-state index is 10.6. The van der Waals surface area contributed by atoms with Gasteiger partial charge in [0.1, 0.15) is 10.7 Å². The summed E-state index contributed by atoms with van der Waals surface area (Å²) in [5.74, 6) is -1.30. The van der Waals surface area contributed by atoms with Gasteiger partial charge in [-0.3, -0.25) is 0 Å². The van der Waals surface area contributed by atoms with Gasteiger partial charge in [0.05, 0.1) is 10.0 Å². The van der Waals surface area contributed by atoms with Crippen LogP contribution in [0, 0.1) is 0 Å². The number of pyridine rings is 1. The van der Waals surface area contributed by atoms with Crippen molar-refractivity contribution in [2.45, 2.75) is 0 Å². The average Bonchev–Trinajstić information content (AvgIpc) is 1.99. The maximum Gasteiger partial charge on any atom is 0.340 e. The average molecular weight is 261 g/mol. The normalized spacial score (nSPS) is 10.2. The molecule has 0 fully saturated rings. The summed E-state index contributed by atoms with van der Waals surface area (Å²) in [6.45, 7) is 0. The van der Waals surface area contributed by atoms with Gasteiger partial charge >= 0.3 is 5.97 Å². The van der Waals surface area contributed by atoms with Crippen molar-refractivity contribution in [3.8, 4) is 0 Å². The number of nitrogens with zero attached hydrogens (tertiary/aromatic N) is 1. The molecule has 0 atom stereocenters. The van der Waals surface area contributed by atoms with Crippen LogP contribution in [0.3, 0.4) is 0 Å². The van der Waals surface area contributed by atoms with Crippen LogP contribution in [0.4, 0.5) is 0 Å². The van der Waals surface area contributed by atoms with Crippen molar-refractivity contribution in [2.75, 3.05) is 0 Å². The van der Waals surface area contributed by atoms with Crippen LogP contribution in [-0.4, -0.2) is 16.1 Å². The predicted octanol–water partition coefficient (Wildman–Crippen LogP) is 3.39. The molecule has 1 aromatic rings. The van der Waals surface area contributed by atoms with Crippen molar-refractivity contribution in [3.05, 3.63) is 25.9 Å². The third-order valence-electron chi connectivity index (χ3n) is 1.21. The molecule has 0 spiro atoms. The second-order valence-electron chi connectivity index (χ2n) is 2.00. The minimum Gasteiger partial charge on any atom is -0.478 e. The smallest absolute Gasteiger partial charge is 0.340 e. The Morgan fingerprint density at radius 3 is 2.08 bits per heavy atom. The summed E-state index contributed by atoms with van der Waals surface area (Å²) in [5, 5.41) is 7.91. The number of hydrogen-bond donors (Lipinski definition) is 1. The molecular formula is C6HCl4NO2. The first kappa shape index (κ1) is 10.9. The van der Waals surface area contributed by atoms with Gasteiger partial charge in [0.15, 0.2) is 5.15 Å². The first-order valence-corrected chi connectivity index (χ1v) is 4.39. The van der Waals surface area contributed by atoms with Crippen LogP contribution >= 0.6 is 46.4 Å². The largest absolute Gasteiger partial charge is 0.478 e. The van der Waals surface area contributed by atoms with Crippen LogP contribution in [0.1, 0.15) is 10.4 Å². The minimum atomic E-state index is -1.30. The Morgan fingerprint density at radius 1 is 1.08 bits per heavy atom. The van der Waals surface area contributed by atoms with Crippen LogP contribution in [0.25, 0.3) is 0 Å². The summed E-state index contributed by atoms with van der Waals surface area (Å²) in [7, 11) is 0. The van der Waals surface area contributed by atoms with Gasteiger partial charge in [0.2, 0.25) is 0 Å². The summed E-state index contributed by atoms with van der Waals surface area (Å²) >= 11 is 22.1. The second-order valence-corrected chi connectivity index (χ2v) is 3.47. The molecule has 0 bridgehead atoms. The topological polar surface area (TPSA) is 50.2 Å². The number of aromatic nitrogens is 1. The molecule has 0 saturated heterocycles. The van der Waals surface area contributed by atoms with Crippen LogP contribution in [0.5, 0.6) is 0 Å². The van der Waals surface area contributed by atoms with Crippen molar-refractivity contribution in [3.63, 3.8) is 0 Å². The quantitative estimate of drug-likeness (QED) is 0.788. The lowest BCUT2D eigenvalue weighted by Crippen LogP contribution is -2.01. The molecule has 1 rings (SSSR count). The van der Waals surface area contributed by atoms with Gasteiger partial charge in [-0.15, -0.1) is 0 Å². The third-order valence-corrected chi connectivity index (χ3v) is 2.70. The molecule has 0 aliphatic heterocycles. The van der Waals surface area contributed by atoms with Gasteiger partial charge in [0, 0.05) is 0 Å². The summed E-state index contributed by atoms with van der Waals surface area (Å²) in [5.41, 5.74) is -0.349. The van der Waals surface area contributed by atoms with Gasteiger partial charge in [-0.25, -0.2) is 9.78 Å². The molecule has 1 aromatic heterocycles. The minimum absolute atomic E-state index is 0.120. The SMILES string of the molecule is O=C(O)c1c(Cl)nc(Cl)c(Cl)c1Cl. The van der Waals surface area contributed by atoms with Crippen molar-refractivity contribution in [1.82, 2.24) is 4.98 Å². The molecular weight excluding hydrogens is 260 g/mol. The zero-order valence-electron chi connectivity index (χ0n) is 5.81. The molecule has 0 aliphatic carbocycles. The van der Waals surface area contributed by atoms with Crippen molar-refractivity contribution >= 4 is 52.4 Å². The number of carboxylic acids is 1. The Morgan fingerprint density at radius 2 is 1.62 bits per heavy atom. The number of aromatic carboxylic acids is 1. The van der Waals surface area contributed by atoms with E-state index in [-0.39, 0.29) is 25.9 Å². The number of carboxylic acid groups (broad SMARTS) is 1. The lowest BCUT2D eigenvalue weighted by Gasteiger charge is -2.03. The number of hydrogen-bond acceptors (Lipinski definition) is 2. The molecule has 0 amide bonds. The van der Waals surface area contributed by atoms with Crippen LogP contribution < -0.4 is 0 Å². The highest BCUT2D eigenvalue weighted by Gasteiger charge is 2.20. The molecule has 7 heteroatoms. The van der Waals surface area contributed by atoms with E-state index >= 15 is 0 Å². The fourth-order valence-corrected chi connectivity index (χ4v) is 1.64. The Kier molecular flexibility index (Phi) is 3.24. The van der Waals surface area contributed by atoms with Crippen LogP contribution in [0.2, 0.25) is 20.4 Å². The molecule has 1 heterocycles. The highest BCUT2D eigenvalue weighted by atomic mass is 35.5. The molecule has 0 aromatic carbocycles. The summed E-state index contributed by atoms with van der Waals surface area (Å²) in [4.78, 5) is 14.1. The molecule has 0 radical (unpaired) electrons. The lowest BCUT2D eigenvalue weighted by atomic mass is 10.3. The van der Waals surface area contributed by atoms with E-state index in [0.717, 1.165) is 0 Å². The van der Waals surface area contributed by atoms with E-state index < -0.39 is 5.97 Å². The van der Waals surface area contributed by atoms with E-state index in [1.54, 1.807) is 0 Å². The van der Waals surface area contributed by atoms with E-state index in [4.69, 9.17) is 51.5 Å². The van der Waals surface area contributed by atoms with Crippen molar-refractivity contribution < 1.29 is 9.90 Å². The maximum atomic E-state index is 10.6. The summed E-state index contributed by atoms with van der Waals surface area (Å²) in [6.07, 6.45) is 0. The monoisotopic (exact) mass is 259 g/mol. The molecule has 0 unspecified atom stereocenters. The Labute approximate surface area is 93.2 Å². The van der Waals surface area contributed by atoms with E-state index in [1.807, 2.05) is 0 Å². The van der Waals surface area contributed by atoms with Gasteiger partial charge in [-0.05, 0) is 0 Å². The standard InChI is InChI=1S/C6HCl4NO2/c7-2-1(6(12)13)4(9)11-5(10)3(2)8/h(H,12,13). The molecule has 1 N–H and O–H groups in total. The molecule has 0 aliphatic rings. The van der Waals surface area contributed by atoms with E-state index in [2.05, 4.69) is 4.98 Å². The predicted molar refractivity (Wildman–Crippen MR) is 51.2 cm³/mol. The zero-order chi connectivity index (χ0) is 10.2. The van der Waals surface area contributed by atoms with Gasteiger partial charge in [-0.1, -0.05) is 46.4 Å². The molecule has 70 valence electrons. The summed E-state index contributed by atoms with van der Waals surface area (Å²) in [6, 6.07) is 0. The number of halogens is 4. The highest BCUT2D eigenvalue weighted by molar-refractivity contribution is 6.50. The van der Waals surface area contributed by atoms with E-state index in [9.17, 15) is 4.79 Å². The molecule has 0 saturated carbocycles. The third kappa shape index (κ3) is 1.99. The zero-order valence-corrected chi connectivity index (χ0v) is 8.84. The second kappa shape index (κ2) is 3.88. The van der Waals surface area contributed by atoms with Gasteiger partial charge in [-0.2, -0.15) is 0 Å². The molecule has 13 heavy (non-hydrogen) atoms. The van der Waals surface area contributed by atoms with Crippen LogP contribution in [-0.2, 0) is 0 Å². The fraction of sp³-hybridized carbons (Fsp3) is 0. The Balaban J connectivity index is 3.53. The first-order chi connectivity index (χ1) is 5.95. The lowest BCUT2D eigenvalue weighted by molar-refractivity contribution is 0.0697. The van der Waals surface area contributed by atoms with Gasteiger partial charge < -0.3 is 5.11 Å². The van der Waals surface area contributed by atoms with Gasteiger partial charge in [0.25, 0.3) is 0 Å². The highest BCUT2D eigenvalue weighted by Crippen LogP contribution is 2.34. The van der Waals surface area contributed by atoms with Crippen molar-refractivity contribution in [1.29, 1.82) is 0 Å². The fourth-order valence-electron chi connectivity index (χ4n) is 0.664. The Hall–Kier alpha value is -0.220. The summed E-state index contributed by atoms with van der Waals surface area (Å²) < 4.78 is 0. The number of carbonyl (C=O) groups is 1. The van der Waals surface area contributed by atoms with Crippen LogP contribution in [0.15, 0.2) is 0 Å². The van der Waals surface area contributed by atoms with E-state index in [1.165, 1.54) is 0 Å². The Bertz CT molecular complexity index is 379. The molecule has 3 nitrogen and oxygen atoms in total.